The van der Waals surface area contributed by atoms with Gasteiger partial charge in [0.25, 0.3) is 5.91 Å². The largest absolute Gasteiger partial charge is 0.472 e. The van der Waals surface area contributed by atoms with E-state index in [-0.39, 0.29) is 31.2 Å². The van der Waals surface area contributed by atoms with Crippen molar-refractivity contribution in [3.8, 4) is 5.88 Å². The summed E-state index contributed by atoms with van der Waals surface area (Å²) in [6, 6.07) is 4.84. The lowest BCUT2D eigenvalue weighted by Gasteiger charge is -2.34. The molecule has 4 heterocycles. The molecule has 7 atom stereocenters. The number of nitrogens with one attached hydrogen (secondary N) is 3. The molecule has 19 heteroatoms. The van der Waals surface area contributed by atoms with Crippen LogP contribution in [0, 0.1) is 17.8 Å². The SMILES string of the molecule is C[C@H]1CC/C=C\[C@@H]2C[C@@]2(C(=O)NS(=O)(=O)C2(C)CC2)NC(=O)[C@@H]2C[C@@H](Oc3nccc4c(N5CCOCC5)cccc34)CN2C(=O)[C@@H](NC(=O)OC(C)(C)C(F)(F)F)[C@H](C)C1. The topological polar surface area (TPSA) is 186 Å². The number of alkyl carbamates (subject to hydrolysis) is 1. The highest BCUT2D eigenvalue weighted by atomic mass is 32.2. The van der Waals surface area contributed by atoms with Crippen LogP contribution in [0.1, 0.15) is 79.6 Å². The normalized spacial score (nSPS) is 30.2. The number of carbonyl (C=O) groups excluding carboxylic acids is 4. The summed E-state index contributed by atoms with van der Waals surface area (Å²) in [5, 5.41) is 6.76. The number of pyridine rings is 1. The molecular formula is C42H55F3N6O9S. The molecule has 3 N–H and O–H groups in total. The minimum atomic E-state index is -4.91. The van der Waals surface area contributed by atoms with Crippen LogP contribution in [-0.2, 0) is 33.9 Å². The molecule has 2 aliphatic carbocycles. The number of hydrogen-bond acceptors (Lipinski definition) is 11. The van der Waals surface area contributed by atoms with Crippen LogP contribution in [0.2, 0.25) is 0 Å². The van der Waals surface area contributed by atoms with E-state index in [1.54, 1.807) is 26.1 Å². The van der Waals surface area contributed by atoms with Crippen LogP contribution in [-0.4, -0.2) is 115 Å². The van der Waals surface area contributed by atoms with Gasteiger partial charge < -0.3 is 34.6 Å². The third-order valence-electron chi connectivity index (χ3n) is 12.9. The Balaban J connectivity index is 1.22. The standard InChI is InChI=1S/C42H55F3N6O9S/c1-25-9-6-7-10-27-23-41(27,37(54)49-61(56,57)40(5)14-15-40)48-34(52)32-22-28(59-35-30-11-8-12-31(29(30)13-16-46-35)50-17-19-58-20-18-50)24-51(32)36(53)33(26(2)21-25)47-38(55)60-39(3,4)42(43,44)45/h7-8,10-13,16,25-28,32-33H,6,9,14-15,17-24H2,1-5H3,(H,47,55)(H,48,52)(H,49,54)/b10-7-/t25-,26+,27+,28+,32-,33-,41+/m0/s1. The first-order chi connectivity index (χ1) is 28.6. The van der Waals surface area contributed by atoms with Gasteiger partial charge in [-0.25, -0.2) is 18.2 Å². The van der Waals surface area contributed by atoms with Crippen LogP contribution >= 0.6 is 0 Å². The second-order valence-corrected chi connectivity index (χ2v) is 20.3. The molecule has 0 bridgehead atoms. The molecule has 0 unspecified atom stereocenters. The second kappa shape index (κ2) is 16.6. The molecule has 0 radical (unpaired) electrons. The van der Waals surface area contributed by atoms with E-state index in [0.29, 0.717) is 77.6 Å². The third-order valence-corrected chi connectivity index (χ3v) is 15.1. The summed E-state index contributed by atoms with van der Waals surface area (Å²) in [5.74, 6) is -3.40. The van der Waals surface area contributed by atoms with E-state index in [4.69, 9.17) is 14.2 Å². The zero-order chi connectivity index (χ0) is 44.1. The molecule has 5 aliphatic rings. The first-order valence-corrected chi connectivity index (χ1v) is 22.4. The highest BCUT2D eigenvalue weighted by Crippen LogP contribution is 2.48. The van der Waals surface area contributed by atoms with Gasteiger partial charge >= 0.3 is 12.3 Å². The Bertz CT molecular complexity index is 2180. The van der Waals surface area contributed by atoms with Gasteiger partial charge in [0.2, 0.25) is 33.3 Å². The van der Waals surface area contributed by atoms with Crippen molar-refractivity contribution >= 4 is 50.3 Å². The number of rotatable bonds is 8. The average molecular weight is 877 g/mol. The van der Waals surface area contributed by atoms with Crippen molar-refractivity contribution in [2.24, 2.45) is 17.8 Å². The Morgan fingerprint density at radius 2 is 1.77 bits per heavy atom. The molecule has 61 heavy (non-hydrogen) atoms. The van der Waals surface area contributed by atoms with E-state index >= 15 is 0 Å². The maximum Gasteiger partial charge on any atom is 0.427 e. The van der Waals surface area contributed by atoms with Crippen molar-refractivity contribution in [1.82, 2.24) is 25.2 Å². The fraction of sp³-hybridized carbons (Fsp3) is 0.643. The summed E-state index contributed by atoms with van der Waals surface area (Å²) in [5.41, 5.74) is -3.57. The number of carbonyl (C=O) groups is 4. The number of alkyl halides is 3. The van der Waals surface area contributed by atoms with Gasteiger partial charge in [-0.1, -0.05) is 32.1 Å². The minimum absolute atomic E-state index is 0.0359. The molecule has 2 saturated carbocycles. The molecule has 2 aromatic rings. The van der Waals surface area contributed by atoms with Crippen molar-refractivity contribution in [3.63, 3.8) is 0 Å². The van der Waals surface area contributed by atoms with Crippen LogP contribution in [0.15, 0.2) is 42.6 Å². The van der Waals surface area contributed by atoms with Crippen LogP contribution in [0.4, 0.5) is 23.7 Å². The van der Waals surface area contributed by atoms with Gasteiger partial charge in [-0.15, -0.1) is 0 Å². The predicted octanol–water partition coefficient (Wildman–Crippen LogP) is 4.74. The number of morpholine rings is 1. The van der Waals surface area contributed by atoms with E-state index in [2.05, 4.69) is 25.2 Å². The number of nitrogens with zero attached hydrogens (tertiary/aromatic N) is 3. The summed E-state index contributed by atoms with van der Waals surface area (Å²) >= 11 is 0. The molecule has 4 amide bonds. The Labute approximate surface area is 353 Å². The quantitative estimate of drug-likeness (QED) is 0.311. The van der Waals surface area contributed by atoms with Crippen LogP contribution < -0.4 is 25.0 Å². The summed E-state index contributed by atoms with van der Waals surface area (Å²) in [6.45, 7) is 8.90. The van der Waals surface area contributed by atoms with Crippen LogP contribution in [0.3, 0.4) is 0 Å². The Morgan fingerprint density at radius 3 is 2.46 bits per heavy atom. The summed E-state index contributed by atoms with van der Waals surface area (Å²) < 4.78 is 85.9. The van der Waals surface area contributed by atoms with E-state index < -0.39 is 85.9 Å². The maximum absolute atomic E-state index is 14.9. The van der Waals surface area contributed by atoms with Gasteiger partial charge in [-0.05, 0) is 89.3 Å². The second-order valence-electron chi connectivity index (χ2n) is 18.1. The van der Waals surface area contributed by atoms with Crippen molar-refractivity contribution in [3.05, 3.63) is 42.6 Å². The minimum Gasteiger partial charge on any atom is -0.472 e. The number of ether oxygens (including phenoxy) is 3. The zero-order valence-electron chi connectivity index (χ0n) is 35.0. The predicted molar refractivity (Wildman–Crippen MR) is 218 cm³/mol. The van der Waals surface area contributed by atoms with Gasteiger partial charge in [-0.2, -0.15) is 13.2 Å². The zero-order valence-corrected chi connectivity index (χ0v) is 35.9. The third kappa shape index (κ3) is 9.13. The van der Waals surface area contributed by atoms with Gasteiger partial charge in [0.1, 0.15) is 23.7 Å². The first kappa shape index (κ1) is 44.4. The first-order valence-electron chi connectivity index (χ1n) is 20.9. The van der Waals surface area contributed by atoms with Crippen LogP contribution in [0.5, 0.6) is 5.88 Å². The Kier molecular flexibility index (Phi) is 12.1. The van der Waals surface area contributed by atoms with Crippen LogP contribution in [0.25, 0.3) is 10.8 Å². The molecule has 15 nitrogen and oxygen atoms in total. The molecule has 1 aromatic heterocycles. The van der Waals surface area contributed by atoms with E-state index in [9.17, 15) is 40.8 Å². The number of aromatic nitrogens is 1. The lowest BCUT2D eigenvalue weighted by Crippen LogP contribution is -2.59. The molecule has 334 valence electrons. The van der Waals surface area contributed by atoms with E-state index in [1.165, 1.54) is 4.90 Å². The van der Waals surface area contributed by atoms with Crippen molar-refractivity contribution in [2.45, 2.75) is 120 Å². The molecule has 0 spiro atoms. The Morgan fingerprint density at radius 1 is 1.05 bits per heavy atom. The van der Waals surface area contributed by atoms with Gasteiger partial charge in [0, 0.05) is 48.1 Å². The van der Waals surface area contributed by atoms with Gasteiger partial charge in [0.05, 0.1) is 24.5 Å². The maximum atomic E-state index is 14.9. The molecule has 1 aromatic carbocycles. The fourth-order valence-corrected chi connectivity index (χ4v) is 9.85. The van der Waals surface area contributed by atoms with E-state index in [0.717, 1.165) is 11.1 Å². The summed E-state index contributed by atoms with van der Waals surface area (Å²) in [4.78, 5) is 64.6. The number of hydrogen-bond donors (Lipinski definition) is 3. The average Bonchev–Trinajstić information content (AvgIpc) is 4.08. The monoisotopic (exact) mass is 876 g/mol. The van der Waals surface area contributed by atoms with Crippen molar-refractivity contribution in [2.75, 3.05) is 37.7 Å². The Hall–Kier alpha value is -4.65. The van der Waals surface area contributed by atoms with Gasteiger partial charge in [-0.3, -0.25) is 19.1 Å². The molecule has 3 aliphatic heterocycles. The number of allylic oxidation sites excluding steroid dienone is 1. The number of anilines is 1. The summed E-state index contributed by atoms with van der Waals surface area (Å²) in [7, 11) is -4.08. The molecular weight excluding hydrogens is 822 g/mol. The molecule has 2 saturated heterocycles. The van der Waals surface area contributed by atoms with Gasteiger partial charge in [0.15, 0.2) is 0 Å². The number of sulfonamides is 1. The van der Waals surface area contributed by atoms with E-state index in [1.807, 2.05) is 37.3 Å². The summed E-state index contributed by atoms with van der Waals surface area (Å²) in [6.07, 6.45) is 0.334. The lowest BCUT2D eigenvalue weighted by atomic mass is 9.88. The number of fused-ring (bicyclic) bond motifs is 3. The lowest BCUT2D eigenvalue weighted by molar-refractivity contribution is -0.244. The highest BCUT2D eigenvalue weighted by Gasteiger charge is 2.63. The number of halogens is 3. The number of amides is 4. The molecule has 4 fully saturated rings. The van der Waals surface area contributed by atoms with Crippen molar-refractivity contribution in [1.29, 1.82) is 0 Å². The number of benzene rings is 1. The smallest absolute Gasteiger partial charge is 0.427 e. The highest BCUT2D eigenvalue weighted by molar-refractivity contribution is 7.91. The molecule has 7 rings (SSSR count). The van der Waals surface area contributed by atoms with Crippen molar-refractivity contribution < 1.29 is 55.0 Å². The fourth-order valence-electron chi connectivity index (χ4n) is 8.54.